The summed E-state index contributed by atoms with van der Waals surface area (Å²) in [7, 11) is 1.55. The monoisotopic (exact) mass is 485 g/mol. The molecule has 1 heterocycles. The largest absolute Gasteiger partial charge is 0.495 e. The van der Waals surface area contributed by atoms with Crippen LogP contribution in [-0.4, -0.2) is 60.6 Å². The fraction of sp³-hybridized carbons (Fsp3) is 0.400. The van der Waals surface area contributed by atoms with Gasteiger partial charge in [0.2, 0.25) is 11.8 Å². The van der Waals surface area contributed by atoms with Gasteiger partial charge in [-0.05, 0) is 56.7 Å². The van der Waals surface area contributed by atoms with E-state index in [1.807, 2.05) is 50.2 Å². The number of aliphatic imine (C=N–C) groups is 1. The van der Waals surface area contributed by atoms with Gasteiger partial charge in [0.25, 0.3) is 0 Å². The third kappa shape index (κ3) is 6.98. The minimum absolute atomic E-state index is 0.0335. The quantitative estimate of drug-likeness (QED) is 0.446. The highest BCUT2D eigenvalue weighted by Crippen LogP contribution is 2.33. The molecule has 1 saturated heterocycles. The van der Waals surface area contributed by atoms with E-state index in [2.05, 4.69) is 5.32 Å². The van der Waals surface area contributed by atoms with Crippen LogP contribution in [0.15, 0.2) is 53.5 Å². The summed E-state index contributed by atoms with van der Waals surface area (Å²) in [5.41, 5.74) is 1.29. The normalized spacial score (nSPS) is 16.7. The van der Waals surface area contributed by atoms with Crippen LogP contribution in [0.4, 0.5) is 11.4 Å². The molecule has 0 radical (unpaired) electrons. The van der Waals surface area contributed by atoms with Crippen LogP contribution >= 0.6 is 11.8 Å². The fourth-order valence-corrected chi connectivity index (χ4v) is 4.60. The first-order valence-electron chi connectivity index (χ1n) is 11.4. The van der Waals surface area contributed by atoms with Crippen LogP contribution in [0.3, 0.4) is 0 Å². The number of amidine groups is 1. The number of benzene rings is 2. The molecule has 2 aromatic carbocycles. The van der Waals surface area contributed by atoms with Crippen molar-refractivity contribution in [2.45, 2.75) is 31.9 Å². The van der Waals surface area contributed by atoms with Crippen molar-refractivity contribution in [3.63, 3.8) is 0 Å². The van der Waals surface area contributed by atoms with Gasteiger partial charge >= 0.3 is 0 Å². The predicted molar refractivity (Wildman–Crippen MR) is 135 cm³/mol. The van der Waals surface area contributed by atoms with Crippen LogP contribution in [-0.2, 0) is 14.3 Å². The van der Waals surface area contributed by atoms with Gasteiger partial charge in [-0.3, -0.25) is 14.5 Å². The second kappa shape index (κ2) is 13.0. The number of anilines is 1. The van der Waals surface area contributed by atoms with E-state index in [0.717, 1.165) is 5.75 Å². The highest BCUT2D eigenvalue weighted by atomic mass is 32.2. The zero-order chi connectivity index (χ0) is 24.3. The van der Waals surface area contributed by atoms with Gasteiger partial charge in [0.1, 0.15) is 16.7 Å². The maximum Gasteiger partial charge on any atom is 0.242 e. The molecular weight excluding hydrogens is 454 g/mol. The number of nitrogens with one attached hydrogen (secondary N) is 1. The molecule has 0 bridgehead atoms. The van der Waals surface area contributed by atoms with Gasteiger partial charge in [-0.25, -0.2) is 4.99 Å². The smallest absolute Gasteiger partial charge is 0.242 e. The number of hydrogen-bond acceptors (Lipinski definition) is 7. The minimum Gasteiger partial charge on any atom is -0.495 e. The van der Waals surface area contributed by atoms with Crippen LogP contribution in [0.5, 0.6) is 11.5 Å². The molecule has 3 rings (SSSR count). The van der Waals surface area contributed by atoms with Crippen molar-refractivity contribution in [1.82, 2.24) is 4.90 Å². The molecule has 1 aliphatic heterocycles. The number of amides is 2. The number of para-hydroxylation sites is 2. The first-order chi connectivity index (χ1) is 16.5. The summed E-state index contributed by atoms with van der Waals surface area (Å²) in [4.78, 5) is 32.3. The SMILES string of the molecule is CCOCCCN1C(=O)C(CC(=O)Nc2ccccc2OC)SC1=Nc1ccc(OCC)cc1. The van der Waals surface area contributed by atoms with Crippen molar-refractivity contribution < 1.29 is 23.8 Å². The molecule has 8 nitrogen and oxygen atoms in total. The molecule has 1 N–H and O–H groups in total. The molecule has 2 aromatic rings. The minimum atomic E-state index is -0.553. The van der Waals surface area contributed by atoms with E-state index in [0.29, 0.717) is 55.1 Å². The Morgan fingerprint density at radius 3 is 2.59 bits per heavy atom. The summed E-state index contributed by atoms with van der Waals surface area (Å²) in [6.07, 6.45) is 0.717. The van der Waals surface area contributed by atoms with E-state index in [1.165, 1.54) is 11.8 Å². The lowest BCUT2D eigenvalue weighted by Crippen LogP contribution is -2.34. The van der Waals surface area contributed by atoms with Gasteiger partial charge in [-0.1, -0.05) is 23.9 Å². The predicted octanol–water partition coefficient (Wildman–Crippen LogP) is 4.48. The van der Waals surface area contributed by atoms with Crippen LogP contribution in [0, 0.1) is 0 Å². The summed E-state index contributed by atoms with van der Waals surface area (Å²) in [6, 6.07) is 14.6. The number of hydrogen-bond donors (Lipinski definition) is 1. The number of methoxy groups -OCH3 is 1. The third-order valence-electron chi connectivity index (χ3n) is 5.02. The highest BCUT2D eigenvalue weighted by Gasteiger charge is 2.39. The zero-order valence-corrected chi connectivity index (χ0v) is 20.6. The molecule has 9 heteroatoms. The van der Waals surface area contributed by atoms with Crippen molar-refractivity contribution in [3.05, 3.63) is 48.5 Å². The molecule has 1 atom stereocenters. The molecule has 34 heavy (non-hydrogen) atoms. The Hall–Kier alpha value is -3.04. The molecule has 1 aliphatic rings. The fourth-order valence-electron chi connectivity index (χ4n) is 3.41. The van der Waals surface area contributed by atoms with Crippen molar-refractivity contribution >= 4 is 40.1 Å². The molecular formula is C25H31N3O5S. The van der Waals surface area contributed by atoms with Crippen molar-refractivity contribution in [1.29, 1.82) is 0 Å². The lowest BCUT2D eigenvalue weighted by Gasteiger charge is -2.16. The third-order valence-corrected chi connectivity index (χ3v) is 6.19. The second-order valence-electron chi connectivity index (χ2n) is 7.42. The number of nitrogens with zero attached hydrogens (tertiary/aromatic N) is 2. The van der Waals surface area contributed by atoms with E-state index in [-0.39, 0.29) is 18.2 Å². The lowest BCUT2D eigenvalue weighted by atomic mass is 10.2. The van der Waals surface area contributed by atoms with E-state index < -0.39 is 5.25 Å². The number of carbonyl (C=O) groups excluding carboxylic acids is 2. The van der Waals surface area contributed by atoms with Crippen LogP contribution in [0.2, 0.25) is 0 Å². The number of thioether (sulfide) groups is 1. The van der Waals surface area contributed by atoms with Gasteiger partial charge in [-0.15, -0.1) is 0 Å². The van der Waals surface area contributed by atoms with Crippen molar-refractivity contribution in [2.75, 3.05) is 38.8 Å². The molecule has 0 spiro atoms. The Morgan fingerprint density at radius 2 is 1.88 bits per heavy atom. The molecule has 0 aliphatic carbocycles. The Morgan fingerprint density at radius 1 is 1.12 bits per heavy atom. The topological polar surface area (TPSA) is 89.5 Å². The average molecular weight is 486 g/mol. The van der Waals surface area contributed by atoms with Crippen LogP contribution in [0.1, 0.15) is 26.7 Å². The number of carbonyl (C=O) groups is 2. The molecule has 2 amide bonds. The summed E-state index contributed by atoms with van der Waals surface area (Å²) >= 11 is 1.31. The van der Waals surface area contributed by atoms with Crippen LogP contribution in [0.25, 0.3) is 0 Å². The standard InChI is InChI=1S/C25H31N3O5S/c1-4-32-16-8-15-28-24(30)22(17-23(29)27-20-9-6-7-10-21(20)31-3)34-25(28)26-18-11-13-19(14-12-18)33-5-2/h6-7,9-14,22H,4-5,8,15-17H2,1-3H3,(H,27,29). The van der Waals surface area contributed by atoms with Crippen molar-refractivity contribution in [2.24, 2.45) is 4.99 Å². The molecule has 1 unspecified atom stereocenters. The van der Waals surface area contributed by atoms with E-state index in [9.17, 15) is 9.59 Å². The Kier molecular flexibility index (Phi) is 9.78. The maximum absolute atomic E-state index is 13.2. The Bertz CT molecular complexity index is 996. The summed E-state index contributed by atoms with van der Waals surface area (Å²) in [6.45, 7) is 6.11. The lowest BCUT2D eigenvalue weighted by molar-refractivity contribution is -0.128. The van der Waals surface area contributed by atoms with Crippen molar-refractivity contribution in [3.8, 4) is 11.5 Å². The molecule has 1 fully saturated rings. The Labute approximate surface area is 204 Å². The van der Waals surface area contributed by atoms with E-state index >= 15 is 0 Å². The maximum atomic E-state index is 13.2. The second-order valence-corrected chi connectivity index (χ2v) is 8.59. The highest BCUT2D eigenvalue weighted by molar-refractivity contribution is 8.15. The average Bonchev–Trinajstić information content (AvgIpc) is 3.12. The molecule has 0 aromatic heterocycles. The first-order valence-corrected chi connectivity index (χ1v) is 12.2. The van der Waals surface area contributed by atoms with Gasteiger partial charge in [0, 0.05) is 26.2 Å². The van der Waals surface area contributed by atoms with E-state index in [4.69, 9.17) is 19.2 Å². The summed E-state index contributed by atoms with van der Waals surface area (Å²) < 4.78 is 16.2. The van der Waals surface area contributed by atoms with E-state index in [1.54, 1.807) is 24.1 Å². The van der Waals surface area contributed by atoms with Gasteiger partial charge < -0.3 is 19.5 Å². The first kappa shape index (κ1) is 25.6. The molecule has 0 saturated carbocycles. The number of ether oxygens (including phenoxy) is 3. The van der Waals surface area contributed by atoms with Gasteiger partial charge in [0.05, 0.1) is 25.1 Å². The van der Waals surface area contributed by atoms with Gasteiger partial charge in [-0.2, -0.15) is 0 Å². The molecule has 182 valence electrons. The summed E-state index contributed by atoms with van der Waals surface area (Å²) in [5.74, 6) is 0.950. The number of rotatable bonds is 12. The zero-order valence-electron chi connectivity index (χ0n) is 19.8. The summed E-state index contributed by atoms with van der Waals surface area (Å²) in [5, 5.41) is 2.88. The van der Waals surface area contributed by atoms with Crippen LogP contribution < -0.4 is 14.8 Å². The Balaban J connectivity index is 1.72. The van der Waals surface area contributed by atoms with Gasteiger partial charge in [0.15, 0.2) is 5.17 Å².